The number of benzene rings is 2. The first-order valence-corrected chi connectivity index (χ1v) is 10.9. The molecule has 0 radical (unpaired) electrons. The first kappa shape index (κ1) is 23.4. The second-order valence-corrected chi connectivity index (χ2v) is 7.23. The molecule has 4 aromatic rings. The summed E-state index contributed by atoms with van der Waals surface area (Å²) in [5.41, 5.74) is 10.7. The molecule has 180 valence electrons. The molecule has 0 aliphatic carbocycles. The first-order valence-electron chi connectivity index (χ1n) is 10.9. The van der Waals surface area contributed by atoms with Gasteiger partial charge in [0.1, 0.15) is 17.2 Å². The largest absolute Gasteiger partial charge is 0.494 e. The van der Waals surface area contributed by atoms with Crippen LogP contribution in [-0.2, 0) is 0 Å². The van der Waals surface area contributed by atoms with Gasteiger partial charge < -0.3 is 15.2 Å². The summed E-state index contributed by atoms with van der Waals surface area (Å²) in [6.07, 6.45) is 0. The monoisotopic (exact) mass is 476 g/mol. The number of carbonyl (C=O) groups is 1. The van der Waals surface area contributed by atoms with Gasteiger partial charge in [0.2, 0.25) is 11.6 Å². The predicted molar refractivity (Wildman–Crippen MR) is 128 cm³/mol. The molecule has 12 heteroatoms. The van der Waals surface area contributed by atoms with Crippen LogP contribution in [0.5, 0.6) is 11.5 Å². The van der Waals surface area contributed by atoms with Crippen molar-refractivity contribution in [1.82, 2.24) is 30.7 Å². The van der Waals surface area contributed by atoms with E-state index < -0.39 is 5.91 Å². The van der Waals surface area contributed by atoms with Gasteiger partial charge in [-0.25, -0.2) is 10.1 Å². The molecule has 0 unspecified atom stereocenters. The number of rotatable bonds is 9. The van der Waals surface area contributed by atoms with E-state index in [4.69, 9.17) is 19.8 Å². The smallest absolute Gasteiger partial charge is 0.294 e. The molecule has 0 saturated heterocycles. The summed E-state index contributed by atoms with van der Waals surface area (Å²) in [5, 5.41) is 19.7. The van der Waals surface area contributed by atoms with E-state index in [0.29, 0.717) is 35.9 Å². The highest BCUT2D eigenvalue weighted by Crippen LogP contribution is 2.29. The standard InChI is InChI=1S/C23H24N8O4/c1-4-33-17-11-9-15(10-12-17)14(3)25-27-23(32)19-20(16-7-6-8-18(13-16)34-5-2)31(30-26-19)22-21(24)28-35-29-22/h6-13H,4-5H2,1-3H3,(H2,24,28)(H,27,32)/b25-14-. The van der Waals surface area contributed by atoms with Gasteiger partial charge in [-0.1, -0.05) is 17.3 Å². The molecule has 3 N–H and O–H groups in total. The zero-order chi connectivity index (χ0) is 24.8. The highest BCUT2D eigenvalue weighted by Gasteiger charge is 2.25. The third-order valence-electron chi connectivity index (χ3n) is 4.91. The molecule has 4 rings (SSSR count). The van der Waals surface area contributed by atoms with Crippen LogP contribution in [0.3, 0.4) is 0 Å². The number of nitrogens with one attached hydrogen (secondary N) is 1. The molecular weight excluding hydrogens is 452 g/mol. The maximum absolute atomic E-state index is 13.1. The van der Waals surface area contributed by atoms with Crippen LogP contribution in [-0.4, -0.2) is 50.1 Å². The average Bonchev–Trinajstić information content (AvgIpc) is 3.49. The van der Waals surface area contributed by atoms with Crippen molar-refractivity contribution in [3.8, 4) is 28.6 Å². The number of ether oxygens (including phenoxy) is 2. The maximum Gasteiger partial charge on any atom is 0.294 e. The van der Waals surface area contributed by atoms with Crippen molar-refractivity contribution < 1.29 is 18.9 Å². The van der Waals surface area contributed by atoms with Crippen LogP contribution in [0.1, 0.15) is 36.8 Å². The Morgan fingerprint density at radius 2 is 1.83 bits per heavy atom. The Bertz CT molecular complexity index is 1340. The Morgan fingerprint density at radius 3 is 2.51 bits per heavy atom. The van der Waals surface area contributed by atoms with Crippen molar-refractivity contribution in [2.24, 2.45) is 5.10 Å². The van der Waals surface area contributed by atoms with Crippen LogP contribution in [0.4, 0.5) is 5.82 Å². The van der Waals surface area contributed by atoms with Crippen LogP contribution in [0.25, 0.3) is 17.1 Å². The number of hydrogen-bond acceptors (Lipinski definition) is 10. The topological polar surface area (TPSA) is 156 Å². The van der Waals surface area contributed by atoms with Gasteiger partial charge in [0, 0.05) is 5.56 Å². The van der Waals surface area contributed by atoms with Gasteiger partial charge in [0.15, 0.2) is 5.69 Å². The van der Waals surface area contributed by atoms with Crippen LogP contribution >= 0.6 is 0 Å². The van der Waals surface area contributed by atoms with Crippen molar-refractivity contribution >= 4 is 17.4 Å². The van der Waals surface area contributed by atoms with Gasteiger partial charge >= 0.3 is 0 Å². The lowest BCUT2D eigenvalue weighted by Crippen LogP contribution is -2.21. The first-order chi connectivity index (χ1) is 17.0. The lowest BCUT2D eigenvalue weighted by Gasteiger charge is -2.09. The fourth-order valence-corrected chi connectivity index (χ4v) is 3.29. The zero-order valence-electron chi connectivity index (χ0n) is 19.4. The molecule has 12 nitrogen and oxygen atoms in total. The fraction of sp³-hybridized carbons (Fsp3) is 0.217. The molecule has 0 fully saturated rings. The Balaban J connectivity index is 1.67. The number of anilines is 1. The minimum Gasteiger partial charge on any atom is -0.494 e. The molecule has 1 amide bonds. The van der Waals surface area contributed by atoms with Gasteiger partial charge in [-0.2, -0.15) is 9.78 Å². The van der Waals surface area contributed by atoms with Crippen molar-refractivity contribution in [3.63, 3.8) is 0 Å². The molecule has 2 aromatic heterocycles. The predicted octanol–water partition coefficient (Wildman–Crippen LogP) is 2.85. The molecule has 0 atom stereocenters. The van der Waals surface area contributed by atoms with E-state index in [1.807, 2.05) is 38.1 Å². The summed E-state index contributed by atoms with van der Waals surface area (Å²) in [7, 11) is 0. The van der Waals surface area contributed by atoms with Gasteiger partial charge in [-0.3, -0.25) is 4.79 Å². The number of aromatic nitrogens is 5. The maximum atomic E-state index is 13.1. The molecule has 0 aliphatic rings. The summed E-state index contributed by atoms with van der Waals surface area (Å²) < 4.78 is 17.0. The van der Waals surface area contributed by atoms with Crippen molar-refractivity contribution in [2.45, 2.75) is 20.8 Å². The Kier molecular flexibility index (Phi) is 7.00. The number of nitrogens with two attached hydrogens (primary N) is 1. The van der Waals surface area contributed by atoms with E-state index in [-0.39, 0.29) is 17.3 Å². The fourth-order valence-electron chi connectivity index (χ4n) is 3.29. The third kappa shape index (κ3) is 5.11. The second kappa shape index (κ2) is 10.5. The molecule has 0 bridgehead atoms. The normalized spacial score (nSPS) is 11.3. The Hall–Kier alpha value is -4.74. The van der Waals surface area contributed by atoms with Gasteiger partial charge in [-0.15, -0.1) is 5.10 Å². The van der Waals surface area contributed by atoms with E-state index in [1.54, 1.807) is 31.2 Å². The summed E-state index contributed by atoms with van der Waals surface area (Å²) in [6, 6.07) is 14.5. The molecule has 2 aromatic carbocycles. The molecule has 0 spiro atoms. The minimum absolute atomic E-state index is 0.00397. The van der Waals surface area contributed by atoms with Crippen molar-refractivity contribution in [1.29, 1.82) is 0 Å². The van der Waals surface area contributed by atoms with Crippen LogP contribution < -0.4 is 20.6 Å². The van der Waals surface area contributed by atoms with Crippen molar-refractivity contribution in [3.05, 3.63) is 59.8 Å². The lowest BCUT2D eigenvalue weighted by atomic mass is 10.1. The molecule has 2 heterocycles. The van der Waals surface area contributed by atoms with E-state index in [1.165, 1.54) is 4.68 Å². The highest BCUT2D eigenvalue weighted by molar-refractivity contribution is 6.02. The number of hydrazone groups is 1. The summed E-state index contributed by atoms with van der Waals surface area (Å²) in [6.45, 7) is 6.63. The molecule has 35 heavy (non-hydrogen) atoms. The number of amides is 1. The zero-order valence-corrected chi connectivity index (χ0v) is 19.4. The summed E-state index contributed by atoms with van der Waals surface area (Å²) >= 11 is 0. The number of hydrogen-bond donors (Lipinski definition) is 2. The Labute approximate surface area is 200 Å². The number of carbonyl (C=O) groups excluding carboxylic acids is 1. The highest BCUT2D eigenvalue weighted by atomic mass is 16.6. The van der Waals surface area contributed by atoms with Gasteiger partial charge in [0.25, 0.3) is 5.91 Å². The third-order valence-corrected chi connectivity index (χ3v) is 4.91. The van der Waals surface area contributed by atoms with Crippen molar-refractivity contribution in [2.75, 3.05) is 18.9 Å². The van der Waals surface area contributed by atoms with Crippen LogP contribution in [0, 0.1) is 0 Å². The molecule has 0 aliphatic heterocycles. The summed E-state index contributed by atoms with van der Waals surface area (Å²) in [5.74, 6) is 0.884. The molecular formula is C23H24N8O4. The second-order valence-electron chi connectivity index (χ2n) is 7.23. The van der Waals surface area contributed by atoms with E-state index >= 15 is 0 Å². The number of nitrogens with zero attached hydrogens (tertiary/aromatic N) is 6. The lowest BCUT2D eigenvalue weighted by molar-refractivity contribution is 0.0950. The average molecular weight is 476 g/mol. The van der Waals surface area contributed by atoms with Crippen LogP contribution in [0.15, 0.2) is 58.3 Å². The van der Waals surface area contributed by atoms with E-state index in [9.17, 15) is 4.79 Å². The van der Waals surface area contributed by atoms with Crippen LogP contribution in [0.2, 0.25) is 0 Å². The Morgan fingerprint density at radius 1 is 1.09 bits per heavy atom. The molecule has 0 saturated carbocycles. The summed E-state index contributed by atoms with van der Waals surface area (Å²) in [4.78, 5) is 13.1. The quantitative estimate of drug-likeness (QED) is 0.274. The van der Waals surface area contributed by atoms with E-state index in [2.05, 4.69) is 31.2 Å². The number of nitrogen functional groups attached to an aromatic ring is 1. The van der Waals surface area contributed by atoms with Gasteiger partial charge in [0.05, 0.1) is 18.9 Å². The van der Waals surface area contributed by atoms with E-state index in [0.717, 1.165) is 11.3 Å². The minimum atomic E-state index is -0.576. The SMILES string of the molecule is CCOc1ccc(/C(C)=N\NC(=O)c2nnn(-c3nonc3N)c2-c2cccc(OCC)c2)cc1. The van der Waals surface area contributed by atoms with Gasteiger partial charge in [-0.05, 0) is 73.0 Å².